The van der Waals surface area contributed by atoms with Crippen molar-refractivity contribution in [1.29, 1.82) is 0 Å². The van der Waals surface area contributed by atoms with Crippen LogP contribution >= 0.6 is 0 Å². The van der Waals surface area contributed by atoms with E-state index in [0.29, 0.717) is 36.0 Å². The molecule has 9 nitrogen and oxygen atoms in total. The van der Waals surface area contributed by atoms with Crippen molar-refractivity contribution in [1.82, 2.24) is 20.2 Å². The summed E-state index contributed by atoms with van der Waals surface area (Å²) >= 11 is 0. The number of aryl methyl sites for hydroxylation is 1. The van der Waals surface area contributed by atoms with Gasteiger partial charge in [0, 0.05) is 45.1 Å². The second kappa shape index (κ2) is 9.14. The summed E-state index contributed by atoms with van der Waals surface area (Å²) in [4.78, 5) is 37.7. The molecule has 3 aliphatic rings. The van der Waals surface area contributed by atoms with E-state index in [-0.39, 0.29) is 54.9 Å². The Morgan fingerprint density at radius 2 is 1.85 bits per heavy atom. The average molecular weight is 480 g/mol. The highest BCUT2D eigenvalue weighted by molar-refractivity contribution is 6.03. The monoisotopic (exact) mass is 479 g/mol. The second-order valence-electron chi connectivity index (χ2n) is 10.3. The first-order chi connectivity index (χ1) is 15.9. The molecule has 0 unspecified atom stereocenters. The number of nitrogens with one attached hydrogen (secondary N) is 3. The number of urea groups is 1. The van der Waals surface area contributed by atoms with Gasteiger partial charge in [0.2, 0.25) is 17.8 Å². The van der Waals surface area contributed by atoms with Crippen LogP contribution in [-0.2, 0) is 4.79 Å². The molecule has 2 saturated carbocycles. The van der Waals surface area contributed by atoms with Gasteiger partial charge in [0.15, 0.2) is 5.82 Å². The van der Waals surface area contributed by atoms with Crippen molar-refractivity contribution in [2.45, 2.75) is 89.4 Å². The quantitative estimate of drug-likeness (QED) is 0.599. The lowest BCUT2D eigenvalue weighted by Gasteiger charge is -2.40. The Bertz CT molecular complexity index is 941. The molecule has 188 valence electrons. The lowest BCUT2D eigenvalue weighted by molar-refractivity contribution is -0.118. The molecule has 11 heteroatoms. The molecular weight excluding hydrogens is 444 g/mol. The van der Waals surface area contributed by atoms with Crippen molar-refractivity contribution in [2.75, 3.05) is 29.6 Å². The largest absolute Gasteiger partial charge is 0.351 e. The number of hydrogen-bond donors (Lipinski definition) is 3. The van der Waals surface area contributed by atoms with Crippen LogP contribution < -0.4 is 20.9 Å². The van der Waals surface area contributed by atoms with Gasteiger partial charge in [-0.1, -0.05) is 13.8 Å². The van der Waals surface area contributed by atoms with Crippen molar-refractivity contribution in [3.05, 3.63) is 5.69 Å². The summed E-state index contributed by atoms with van der Waals surface area (Å²) in [6, 6.07) is -0.524. The highest BCUT2D eigenvalue weighted by atomic mass is 19.3. The number of fused-ring (bicyclic) bond motifs is 1. The first-order valence-electron chi connectivity index (χ1n) is 12.0. The smallest absolute Gasteiger partial charge is 0.317 e. The van der Waals surface area contributed by atoms with Crippen molar-refractivity contribution in [3.63, 3.8) is 0 Å². The van der Waals surface area contributed by atoms with Crippen molar-refractivity contribution < 1.29 is 18.4 Å². The minimum Gasteiger partial charge on any atom is -0.351 e. The molecule has 2 aliphatic carbocycles. The third kappa shape index (κ3) is 4.88. The molecule has 1 aromatic heterocycles. The van der Waals surface area contributed by atoms with E-state index in [0.717, 1.165) is 12.8 Å². The number of anilines is 3. The lowest BCUT2D eigenvalue weighted by atomic mass is 9.87. The fourth-order valence-electron chi connectivity index (χ4n) is 5.17. The van der Waals surface area contributed by atoms with Crippen LogP contribution in [0.25, 0.3) is 0 Å². The molecule has 4 rings (SSSR count). The van der Waals surface area contributed by atoms with Gasteiger partial charge in [-0.2, -0.15) is 4.98 Å². The molecule has 1 aromatic rings. The summed E-state index contributed by atoms with van der Waals surface area (Å²) in [5.41, 5.74) is 1.33. The summed E-state index contributed by atoms with van der Waals surface area (Å²) < 4.78 is 26.8. The third-order valence-corrected chi connectivity index (χ3v) is 7.32. The Kier molecular flexibility index (Phi) is 6.56. The summed E-state index contributed by atoms with van der Waals surface area (Å²) in [5, 5.41) is 9.29. The fourth-order valence-corrected chi connectivity index (χ4v) is 5.17. The molecule has 3 amide bonds. The zero-order valence-corrected chi connectivity index (χ0v) is 20.5. The van der Waals surface area contributed by atoms with Gasteiger partial charge in [-0.3, -0.25) is 4.79 Å². The van der Waals surface area contributed by atoms with Crippen molar-refractivity contribution in [2.24, 2.45) is 5.92 Å². The number of carbonyl (C=O) groups excluding carboxylic acids is 2. The minimum atomic E-state index is -2.60. The van der Waals surface area contributed by atoms with Crippen molar-refractivity contribution in [3.8, 4) is 0 Å². The number of likely N-dealkylation sites (N-methyl/N-ethyl adjacent to an activating group) is 1. The van der Waals surface area contributed by atoms with Crippen LogP contribution in [0.1, 0.15) is 58.1 Å². The number of rotatable bonds is 5. The van der Waals surface area contributed by atoms with Gasteiger partial charge >= 0.3 is 6.03 Å². The molecule has 0 radical (unpaired) electrons. The first kappa shape index (κ1) is 24.4. The summed E-state index contributed by atoms with van der Waals surface area (Å²) in [6.45, 7) is 5.85. The summed E-state index contributed by atoms with van der Waals surface area (Å²) in [5.74, 6) is -1.34. The maximum Gasteiger partial charge on any atom is 0.317 e. The number of amides is 3. The Hall–Kier alpha value is -2.72. The number of hydrogen-bond acceptors (Lipinski definition) is 6. The number of alkyl halides is 2. The lowest BCUT2D eigenvalue weighted by Crippen LogP contribution is -2.55. The fraction of sp³-hybridized carbons (Fsp3) is 0.739. The molecule has 0 saturated heterocycles. The summed E-state index contributed by atoms with van der Waals surface area (Å²) in [6.07, 6.45) is 1.77. The van der Waals surface area contributed by atoms with E-state index in [1.807, 2.05) is 32.7 Å². The van der Waals surface area contributed by atoms with Gasteiger partial charge in [-0.05, 0) is 38.5 Å². The SMILES string of the molecule is Cc1nc(N[C@H]2C[C@H](NC(=O)N(C)C3CCC(F)(F)CC3)C2)nc2c1NC(=O)[C@H](C(C)C)N2C. The van der Waals surface area contributed by atoms with E-state index < -0.39 is 5.92 Å². The third-order valence-electron chi connectivity index (χ3n) is 7.32. The first-order valence-corrected chi connectivity index (χ1v) is 12.0. The molecular formula is C23H35F2N7O2. The standard InChI is InChI=1S/C23H35F2N7O2/c1-12(2)18-20(33)29-17-13(3)26-21(30-19(17)32(18)5)27-14-10-15(11-14)28-22(34)31(4)16-6-8-23(24,25)9-7-16/h12,14-16,18H,6-11H2,1-5H3,(H,28,34)(H,29,33)(H,26,27,30)/t14-,15-,18-/m0/s1. The predicted octanol–water partition coefficient (Wildman–Crippen LogP) is 3.36. The van der Waals surface area contributed by atoms with E-state index in [9.17, 15) is 18.4 Å². The molecule has 0 bridgehead atoms. The van der Waals surface area contributed by atoms with E-state index in [2.05, 4.69) is 25.9 Å². The van der Waals surface area contributed by atoms with Crippen LogP contribution in [0.2, 0.25) is 0 Å². The normalized spacial score (nSPS) is 26.4. The molecule has 0 spiro atoms. The van der Waals surface area contributed by atoms with Crippen LogP contribution in [0.3, 0.4) is 0 Å². The van der Waals surface area contributed by atoms with Gasteiger partial charge in [-0.15, -0.1) is 0 Å². The van der Waals surface area contributed by atoms with E-state index in [4.69, 9.17) is 0 Å². The Morgan fingerprint density at radius 1 is 1.21 bits per heavy atom. The van der Waals surface area contributed by atoms with E-state index in [1.54, 1.807) is 11.9 Å². The molecule has 1 aliphatic heterocycles. The molecule has 3 N–H and O–H groups in total. The Balaban J connectivity index is 1.30. The molecule has 2 fully saturated rings. The van der Waals surface area contributed by atoms with E-state index in [1.165, 1.54) is 0 Å². The second-order valence-corrected chi connectivity index (χ2v) is 10.3. The molecule has 0 aromatic carbocycles. The van der Waals surface area contributed by atoms with Crippen LogP contribution in [0.4, 0.5) is 31.0 Å². The molecule has 34 heavy (non-hydrogen) atoms. The number of aromatic nitrogens is 2. The molecule has 2 heterocycles. The van der Waals surface area contributed by atoms with Gasteiger partial charge in [0.25, 0.3) is 0 Å². The summed E-state index contributed by atoms with van der Waals surface area (Å²) in [7, 11) is 3.55. The van der Waals surface area contributed by atoms with Crippen LogP contribution in [-0.4, -0.2) is 71.0 Å². The highest BCUT2D eigenvalue weighted by Crippen LogP contribution is 2.36. The van der Waals surface area contributed by atoms with E-state index >= 15 is 0 Å². The van der Waals surface area contributed by atoms with Gasteiger partial charge in [0.05, 0.1) is 5.69 Å². The number of halogens is 2. The Morgan fingerprint density at radius 3 is 2.47 bits per heavy atom. The maximum absolute atomic E-state index is 13.4. The predicted molar refractivity (Wildman–Crippen MR) is 126 cm³/mol. The number of carbonyl (C=O) groups is 2. The number of nitrogens with zero attached hydrogens (tertiary/aromatic N) is 4. The van der Waals surface area contributed by atoms with Gasteiger partial charge in [-0.25, -0.2) is 18.6 Å². The van der Waals surface area contributed by atoms with Gasteiger partial charge < -0.3 is 25.8 Å². The average Bonchev–Trinajstić information content (AvgIpc) is 2.72. The zero-order valence-electron chi connectivity index (χ0n) is 20.5. The van der Waals surface area contributed by atoms with Crippen LogP contribution in [0.5, 0.6) is 0 Å². The maximum atomic E-state index is 13.4. The minimum absolute atomic E-state index is 0.0171. The van der Waals surface area contributed by atoms with Crippen molar-refractivity contribution >= 4 is 29.4 Å². The topological polar surface area (TPSA) is 102 Å². The molecule has 1 atom stereocenters. The zero-order chi connectivity index (χ0) is 24.8. The van der Waals surface area contributed by atoms with Crippen LogP contribution in [0, 0.1) is 12.8 Å². The van der Waals surface area contributed by atoms with Gasteiger partial charge in [0.1, 0.15) is 11.7 Å². The highest BCUT2D eigenvalue weighted by Gasteiger charge is 2.39. The van der Waals surface area contributed by atoms with Crippen LogP contribution in [0.15, 0.2) is 0 Å². The Labute approximate surface area is 199 Å².